The van der Waals surface area contributed by atoms with Gasteiger partial charge in [0.15, 0.2) is 5.96 Å². The van der Waals surface area contributed by atoms with Crippen LogP contribution in [0.5, 0.6) is 0 Å². The van der Waals surface area contributed by atoms with Crippen LogP contribution >= 0.6 is 0 Å². The predicted octanol–water partition coefficient (Wildman–Crippen LogP) is 3.29. The molecule has 2 heterocycles. The predicted molar refractivity (Wildman–Crippen MR) is 125 cm³/mol. The van der Waals surface area contributed by atoms with E-state index in [2.05, 4.69) is 75.5 Å². The Morgan fingerprint density at radius 3 is 2.83 bits per heavy atom. The summed E-state index contributed by atoms with van der Waals surface area (Å²) >= 11 is 0. The second-order valence-electron chi connectivity index (χ2n) is 7.99. The molecule has 164 valence electrons. The van der Waals surface area contributed by atoms with E-state index in [0.717, 1.165) is 57.0 Å². The van der Waals surface area contributed by atoms with Gasteiger partial charge in [0.05, 0.1) is 6.54 Å². The topological polar surface area (TPSA) is 57.5 Å². The molecule has 1 fully saturated rings. The van der Waals surface area contributed by atoms with E-state index in [4.69, 9.17) is 4.99 Å². The normalized spacial score (nSPS) is 17.8. The van der Waals surface area contributed by atoms with Gasteiger partial charge in [0, 0.05) is 51.0 Å². The highest BCUT2D eigenvalue weighted by Gasteiger charge is 2.19. The quantitative estimate of drug-likeness (QED) is 0.466. The molecule has 1 saturated heterocycles. The molecule has 30 heavy (non-hydrogen) atoms. The third-order valence-electron chi connectivity index (χ3n) is 5.86. The number of nitrogens with zero attached hydrogens (tertiary/aromatic N) is 4. The zero-order valence-corrected chi connectivity index (χ0v) is 18.7. The number of aliphatic imine (C=N–C) groups is 1. The summed E-state index contributed by atoms with van der Waals surface area (Å²) in [5.74, 6) is 2.00. The van der Waals surface area contributed by atoms with Crippen molar-refractivity contribution in [2.75, 3.05) is 32.7 Å². The van der Waals surface area contributed by atoms with Crippen LogP contribution in [0.15, 0.2) is 47.7 Å². The minimum atomic E-state index is 0.743. The van der Waals surface area contributed by atoms with E-state index in [1.807, 2.05) is 6.20 Å². The van der Waals surface area contributed by atoms with Crippen molar-refractivity contribution in [3.8, 4) is 0 Å². The van der Waals surface area contributed by atoms with Crippen molar-refractivity contribution < 1.29 is 0 Å². The lowest BCUT2D eigenvalue weighted by atomic mass is 10.0. The summed E-state index contributed by atoms with van der Waals surface area (Å²) in [6.07, 6.45) is 10.1. The molecule has 3 rings (SSSR count). The van der Waals surface area contributed by atoms with Gasteiger partial charge in [-0.05, 0) is 38.3 Å². The second-order valence-corrected chi connectivity index (χ2v) is 7.99. The number of nitrogens with one attached hydrogen (secondary N) is 2. The minimum absolute atomic E-state index is 0.743. The van der Waals surface area contributed by atoms with Crippen LogP contribution in [0, 0.1) is 0 Å². The smallest absolute Gasteiger partial charge is 0.191 e. The lowest BCUT2D eigenvalue weighted by molar-refractivity contribution is 0.148. The molecule has 6 nitrogen and oxygen atoms in total. The lowest BCUT2D eigenvalue weighted by Crippen LogP contribution is -2.42. The Morgan fingerprint density at radius 2 is 2.03 bits per heavy atom. The molecule has 0 aliphatic carbocycles. The SMILES string of the molecule is CCNC(=NCCN1CCCCC1CC)NCCc1nccn1Cc1ccccc1. The molecule has 1 atom stereocenters. The summed E-state index contributed by atoms with van der Waals surface area (Å²) in [6.45, 7) is 10.1. The number of imidazole rings is 1. The minimum Gasteiger partial charge on any atom is -0.357 e. The van der Waals surface area contributed by atoms with Crippen LogP contribution in [0.3, 0.4) is 0 Å². The molecule has 6 heteroatoms. The fourth-order valence-electron chi connectivity index (χ4n) is 4.23. The van der Waals surface area contributed by atoms with Gasteiger partial charge in [0.2, 0.25) is 0 Å². The van der Waals surface area contributed by atoms with Crippen LogP contribution < -0.4 is 10.6 Å². The molecule has 1 unspecified atom stereocenters. The third kappa shape index (κ3) is 6.87. The van der Waals surface area contributed by atoms with Crippen LogP contribution in [0.1, 0.15) is 50.9 Å². The van der Waals surface area contributed by atoms with Gasteiger partial charge in [-0.3, -0.25) is 9.89 Å². The van der Waals surface area contributed by atoms with Crippen molar-refractivity contribution in [3.63, 3.8) is 0 Å². The summed E-state index contributed by atoms with van der Waals surface area (Å²) in [7, 11) is 0. The monoisotopic (exact) mass is 410 g/mol. The first-order valence-electron chi connectivity index (χ1n) is 11.6. The molecule has 2 N–H and O–H groups in total. The fourth-order valence-corrected chi connectivity index (χ4v) is 4.23. The summed E-state index contributed by atoms with van der Waals surface area (Å²) in [4.78, 5) is 12.0. The number of likely N-dealkylation sites (tertiary alicyclic amines) is 1. The molecular weight excluding hydrogens is 372 g/mol. The van der Waals surface area contributed by atoms with Crippen LogP contribution in [0.4, 0.5) is 0 Å². The van der Waals surface area contributed by atoms with Crippen LogP contribution in [0.25, 0.3) is 0 Å². The average molecular weight is 411 g/mol. The lowest BCUT2D eigenvalue weighted by Gasteiger charge is -2.34. The van der Waals surface area contributed by atoms with Gasteiger partial charge in [-0.2, -0.15) is 0 Å². The van der Waals surface area contributed by atoms with Crippen molar-refractivity contribution >= 4 is 5.96 Å². The van der Waals surface area contributed by atoms with Crippen LogP contribution in [-0.4, -0.2) is 59.2 Å². The molecule has 1 aliphatic rings. The van der Waals surface area contributed by atoms with E-state index in [0.29, 0.717) is 0 Å². The number of rotatable bonds is 10. The fraction of sp³-hybridized carbons (Fsp3) is 0.583. The van der Waals surface area contributed by atoms with Gasteiger partial charge in [-0.1, -0.05) is 43.7 Å². The van der Waals surface area contributed by atoms with E-state index < -0.39 is 0 Å². The number of hydrogen-bond acceptors (Lipinski definition) is 3. The van der Waals surface area contributed by atoms with Gasteiger partial charge in [0.25, 0.3) is 0 Å². The Morgan fingerprint density at radius 1 is 1.17 bits per heavy atom. The second kappa shape index (κ2) is 12.4. The van der Waals surface area contributed by atoms with E-state index in [1.165, 1.54) is 37.8 Å². The summed E-state index contributed by atoms with van der Waals surface area (Å²) in [5, 5.41) is 6.85. The number of piperidine rings is 1. The number of benzene rings is 1. The first-order chi connectivity index (χ1) is 14.8. The van der Waals surface area contributed by atoms with Gasteiger partial charge >= 0.3 is 0 Å². The molecule has 2 aromatic rings. The third-order valence-corrected chi connectivity index (χ3v) is 5.86. The summed E-state index contributed by atoms with van der Waals surface area (Å²) < 4.78 is 2.22. The average Bonchev–Trinajstić information content (AvgIpc) is 3.21. The Hall–Kier alpha value is -2.34. The zero-order chi connectivity index (χ0) is 21.0. The number of hydrogen-bond donors (Lipinski definition) is 2. The maximum atomic E-state index is 4.81. The van der Waals surface area contributed by atoms with Crippen molar-refractivity contribution in [2.45, 2.75) is 58.5 Å². The Labute approximate surface area is 181 Å². The first-order valence-corrected chi connectivity index (χ1v) is 11.6. The van der Waals surface area contributed by atoms with Gasteiger partial charge < -0.3 is 15.2 Å². The van der Waals surface area contributed by atoms with Crippen LogP contribution in [-0.2, 0) is 13.0 Å². The molecule has 1 aromatic heterocycles. The first kappa shape index (κ1) is 22.3. The Bertz CT molecular complexity index is 754. The number of guanidine groups is 1. The Balaban J connectivity index is 1.47. The molecular formula is C24H38N6. The maximum absolute atomic E-state index is 4.81. The van der Waals surface area contributed by atoms with Crippen molar-refractivity contribution in [1.29, 1.82) is 0 Å². The molecule has 0 amide bonds. The highest BCUT2D eigenvalue weighted by molar-refractivity contribution is 5.79. The maximum Gasteiger partial charge on any atom is 0.191 e. The Kier molecular flexibility index (Phi) is 9.22. The van der Waals surface area contributed by atoms with E-state index >= 15 is 0 Å². The zero-order valence-electron chi connectivity index (χ0n) is 18.7. The molecule has 0 spiro atoms. The van der Waals surface area contributed by atoms with Crippen molar-refractivity contribution in [1.82, 2.24) is 25.1 Å². The van der Waals surface area contributed by atoms with E-state index in [1.54, 1.807) is 0 Å². The van der Waals surface area contributed by atoms with E-state index in [9.17, 15) is 0 Å². The number of aromatic nitrogens is 2. The largest absolute Gasteiger partial charge is 0.357 e. The molecule has 0 radical (unpaired) electrons. The summed E-state index contributed by atoms with van der Waals surface area (Å²) in [5.41, 5.74) is 1.29. The van der Waals surface area contributed by atoms with Crippen molar-refractivity contribution in [3.05, 3.63) is 54.1 Å². The molecule has 0 bridgehead atoms. The van der Waals surface area contributed by atoms with Gasteiger partial charge in [0.1, 0.15) is 5.82 Å². The molecule has 1 aliphatic heterocycles. The van der Waals surface area contributed by atoms with Gasteiger partial charge in [-0.15, -0.1) is 0 Å². The molecule has 0 saturated carbocycles. The molecule has 1 aromatic carbocycles. The highest BCUT2D eigenvalue weighted by Crippen LogP contribution is 2.18. The van der Waals surface area contributed by atoms with Crippen molar-refractivity contribution in [2.24, 2.45) is 4.99 Å². The highest BCUT2D eigenvalue weighted by atomic mass is 15.2. The van der Waals surface area contributed by atoms with Crippen LogP contribution in [0.2, 0.25) is 0 Å². The van der Waals surface area contributed by atoms with E-state index in [-0.39, 0.29) is 0 Å². The van der Waals surface area contributed by atoms with Gasteiger partial charge in [-0.25, -0.2) is 4.98 Å². The standard InChI is InChI=1S/C24H38N6/c1-3-22-12-8-9-17-29(22)18-16-28-24(25-4-2)27-14-13-23-26-15-19-30(23)20-21-10-6-5-7-11-21/h5-7,10-11,15,19,22H,3-4,8-9,12-14,16-18,20H2,1-2H3,(H2,25,27,28). The summed E-state index contributed by atoms with van der Waals surface area (Å²) in [6, 6.07) is 11.3.